The molecule has 0 fully saturated rings. The first kappa shape index (κ1) is 15.1. The molecule has 0 saturated carbocycles. The molecule has 4 nitrogen and oxygen atoms in total. The molecule has 6 heteroatoms. The second kappa shape index (κ2) is 6.50. The van der Waals surface area contributed by atoms with Gasteiger partial charge < -0.3 is 9.72 Å². The molecule has 0 aliphatic heterocycles. The first-order chi connectivity index (χ1) is 10.6. The van der Waals surface area contributed by atoms with Gasteiger partial charge in [0.2, 0.25) is 0 Å². The highest BCUT2D eigenvalue weighted by Crippen LogP contribution is 2.20. The fraction of sp³-hybridized carbons (Fsp3) is 0.125. The lowest BCUT2D eigenvalue weighted by atomic mass is 10.2. The summed E-state index contributed by atoms with van der Waals surface area (Å²) in [6, 6.07) is 11.1. The fourth-order valence-corrected chi connectivity index (χ4v) is 2.74. The standard InChI is InChI=1S/C16H13BrClN3O/c17-11-4-5-14(18)13(9-11)16(22)19-7-6-12-10-21-8-2-1-3-15(21)20-12/h1-5,8-10H,6-7H2,(H,19,22). The molecule has 2 aromatic heterocycles. The van der Waals surface area contributed by atoms with Crippen molar-refractivity contribution in [2.45, 2.75) is 6.42 Å². The van der Waals surface area contributed by atoms with Gasteiger partial charge in [-0.25, -0.2) is 4.98 Å². The third kappa shape index (κ3) is 3.31. The molecule has 0 bridgehead atoms. The summed E-state index contributed by atoms with van der Waals surface area (Å²) in [5, 5.41) is 3.30. The third-order valence-electron chi connectivity index (χ3n) is 3.25. The molecule has 3 aromatic rings. The van der Waals surface area contributed by atoms with Crippen molar-refractivity contribution in [1.82, 2.24) is 14.7 Å². The number of halogens is 2. The van der Waals surface area contributed by atoms with Crippen LogP contribution in [-0.2, 0) is 6.42 Å². The summed E-state index contributed by atoms with van der Waals surface area (Å²) >= 11 is 9.38. The van der Waals surface area contributed by atoms with Crippen LogP contribution in [0.2, 0.25) is 5.02 Å². The number of benzene rings is 1. The maximum atomic E-state index is 12.1. The van der Waals surface area contributed by atoms with Crippen molar-refractivity contribution in [2.75, 3.05) is 6.54 Å². The van der Waals surface area contributed by atoms with Crippen molar-refractivity contribution >= 4 is 39.1 Å². The first-order valence-electron chi connectivity index (χ1n) is 6.79. The van der Waals surface area contributed by atoms with Crippen LogP contribution in [0.4, 0.5) is 0 Å². The number of pyridine rings is 1. The van der Waals surface area contributed by atoms with E-state index in [0.29, 0.717) is 23.6 Å². The van der Waals surface area contributed by atoms with E-state index in [-0.39, 0.29) is 5.91 Å². The van der Waals surface area contributed by atoms with Crippen molar-refractivity contribution in [3.8, 4) is 0 Å². The van der Waals surface area contributed by atoms with Gasteiger partial charge in [-0.05, 0) is 30.3 Å². The number of rotatable bonds is 4. The van der Waals surface area contributed by atoms with Gasteiger partial charge in [-0.1, -0.05) is 33.6 Å². The summed E-state index contributed by atoms with van der Waals surface area (Å²) in [5.74, 6) is -0.185. The number of carbonyl (C=O) groups is 1. The van der Waals surface area contributed by atoms with Crippen LogP contribution in [-0.4, -0.2) is 21.8 Å². The van der Waals surface area contributed by atoms with E-state index in [4.69, 9.17) is 11.6 Å². The Balaban J connectivity index is 1.62. The molecule has 112 valence electrons. The van der Waals surface area contributed by atoms with Crippen LogP contribution in [0.25, 0.3) is 5.65 Å². The molecular weight excluding hydrogens is 366 g/mol. The minimum absolute atomic E-state index is 0.185. The van der Waals surface area contributed by atoms with Gasteiger partial charge in [0.15, 0.2) is 0 Å². The summed E-state index contributed by atoms with van der Waals surface area (Å²) in [6.07, 6.45) is 4.58. The zero-order valence-corrected chi connectivity index (χ0v) is 13.9. The summed E-state index contributed by atoms with van der Waals surface area (Å²) < 4.78 is 2.78. The number of nitrogens with one attached hydrogen (secondary N) is 1. The number of nitrogens with zero attached hydrogens (tertiary/aromatic N) is 2. The van der Waals surface area contributed by atoms with Crippen molar-refractivity contribution in [2.24, 2.45) is 0 Å². The lowest BCUT2D eigenvalue weighted by Crippen LogP contribution is -2.26. The van der Waals surface area contributed by atoms with Crippen molar-refractivity contribution in [3.63, 3.8) is 0 Å². The van der Waals surface area contributed by atoms with E-state index in [1.807, 2.05) is 35.0 Å². The number of hydrogen-bond acceptors (Lipinski definition) is 2. The molecule has 0 spiro atoms. The lowest BCUT2D eigenvalue weighted by molar-refractivity contribution is 0.0954. The maximum absolute atomic E-state index is 12.1. The second-order valence-corrected chi connectivity index (χ2v) is 6.15. The van der Waals surface area contributed by atoms with Gasteiger partial charge in [-0.15, -0.1) is 0 Å². The van der Waals surface area contributed by atoms with E-state index in [9.17, 15) is 4.79 Å². The van der Waals surface area contributed by atoms with Crippen LogP contribution in [0.15, 0.2) is 53.3 Å². The topological polar surface area (TPSA) is 46.4 Å². The predicted octanol–water partition coefficient (Wildman–Crippen LogP) is 3.72. The Labute approximate surface area is 141 Å². The van der Waals surface area contributed by atoms with Crippen LogP contribution in [0, 0.1) is 0 Å². The van der Waals surface area contributed by atoms with E-state index in [1.54, 1.807) is 18.2 Å². The summed E-state index contributed by atoms with van der Waals surface area (Å²) in [4.78, 5) is 16.6. The average molecular weight is 379 g/mol. The van der Waals surface area contributed by atoms with Gasteiger partial charge in [0, 0.05) is 29.8 Å². The van der Waals surface area contributed by atoms with Crippen LogP contribution < -0.4 is 5.32 Å². The highest BCUT2D eigenvalue weighted by Gasteiger charge is 2.10. The van der Waals surface area contributed by atoms with Gasteiger partial charge in [-0.3, -0.25) is 4.79 Å². The summed E-state index contributed by atoms with van der Waals surface area (Å²) in [5.41, 5.74) is 2.30. The Hall–Kier alpha value is -1.85. The van der Waals surface area contributed by atoms with E-state index in [1.165, 1.54) is 0 Å². The molecule has 0 unspecified atom stereocenters. The number of aromatic nitrogens is 2. The largest absolute Gasteiger partial charge is 0.352 e. The molecule has 0 aliphatic rings. The Morgan fingerprint density at radius 1 is 1.32 bits per heavy atom. The number of carbonyl (C=O) groups excluding carboxylic acids is 1. The molecule has 0 saturated heterocycles. The van der Waals surface area contributed by atoms with Crippen LogP contribution in [0.3, 0.4) is 0 Å². The average Bonchev–Trinajstić information content (AvgIpc) is 2.92. The van der Waals surface area contributed by atoms with Gasteiger partial charge >= 0.3 is 0 Å². The van der Waals surface area contributed by atoms with Gasteiger partial charge in [0.25, 0.3) is 5.91 Å². The Bertz CT molecular complexity index is 798. The van der Waals surface area contributed by atoms with Crippen molar-refractivity contribution < 1.29 is 4.79 Å². The lowest BCUT2D eigenvalue weighted by Gasteiger charge is -2.06. The molecule has 1 amide bonds. The molecule has 3 rings (SSSR count). The Kier molecular flexibility index (Phi) is 4.45. The van der Waals surface area contributed by atoms with Crippen LogP contribution in [0.5, 0.6) is 0 Å². The quantitative estimate of drug-likeness (QED) is 0.752. The second-order valence-electron chi connectivity index (χ2n) is 4.83. The number of hydrogen-bond donors (Lipinski definition) is 1. The smallest absolute Gasteiger partial charge is 0.252 e. The summed E-state index contributed by atoms with van der Waals surface area (Å²) in [7, 11) is 0. The highest BCUT2D eigenvalue weighted by molar-refractivity contribution is 9.10. The van der Waals surface area contributed by atoms with E-state index in [0.717, 1.165) is 15.8 Å². The van der Waals surface area contributed by atoms with Crippen molar-refractivity contribution in [3.05, 3.63) is 69.5 Å². The van der Waals surface area contributed by atoms with Gasteiger partial charge in [-0.2, -0.15) is 0 Å². The van der Waals surface area contributed by atoms with E-state index >= 15 is 0 Å². The predicted molar refractivity (Wildman–Crippen MR) is 90.4 cm³/mol. The molecule has 1 N–H and O–H groups in total. The molecule has 1 aromatic carbocycles. The van der Waals surface area contributed by atoms with E-state index in [2.05, 4.69) is 26.2 Å². The van der Waals surface area contributed by atoms with Gasteiger partial charge in [0.1, 0.15) is 5.65 Å². The zero-order chi connectivity index (χ0) is 15.5. The molecule has 22 heavy (non-hydrogen) atoms. The number of amides is 1. The fourth-order valence-electron chi connectivity index (χ4n) is 2.18. The zero-order valence-electron chi connectivity index (χ0n) is 11.6. The van der Waals surface area contributed by atoms with E-state index < -0.39 is 0 Å². The van der Waals surface area contributed by atoms with Crippen LogP contribution in [0.1, 0.15) is 16.1 Å². The van der Waals surface area contributed by atoms with Gasteiger partial charge in [0.05, 0.1) is 16.3 Å². The minimum atomic E-state index is -0.185. The molecule has 0 aliphatic carbocycles. The maximum Gasteiger partial charge on any atom is 0.252 e. The molecule has 0 radical (unpaired) electrons. The molecular formula is C16H13BrClN3O. The normalized spacial score (nSPS) is 10.8. The van der Waals surface area contributed by atoms with Crippen molar-refractivity contribution in [1.29, 1.82) is 0 Å². The Morgan fingerprint density at radius 2 is 2.18 bits per heavy atom. The summed E-state index contributed by atoms with van der Waals surface area (Å²) in [6.45, 7) is 0.506. The number of fused-ring (bicyclic) bond motifs is 1. The third-order valence-corrected chi connectivity index (χ3v) is 4.08. The van der Waals surface area contributed by atoms with Crippen LogP contribution >= 0.6 is 27.5 Å². The Morgan fingerprint density at radius 3 is 3.00 bits per heavy atom. The SMILES string of the molecule is O=C(NCCc1cn2ccccc2n1)c1cc(Br)ccc1Cl. The molecule has 0 atom stereocenters. The first-order valence-corrected chi connectivity index (χ1v) is 7.96. The minimum Gasteiger partial charge on any atom is -0.352 e. The highest BCUT2D eigenvalue weighted by atomic mass is 79.9. The number of imidazole rings is 1. The monoisotopic (exact) mass is 377 g/mol. The molecule has 2 heterocycles.